The quantitative estimate of drug-likeness (QED) is 0.618. The Labute approximate surface area is 168 Å². The fraction of sp³-hybridized carbons (Fsp3) is 0.333. The van der Waals surface area contributed by atoms with Crippen LogP contribution in [0.25, 0.3) is 0 Å². The molecule has 0 radical (unpaired) electrons. The molecule has 1 N–H and O–H groups in total. The maximum absolute atomic E-state index is 12.8. The first kappa shape index (κ1) is 18.9. The molecule has 2 amide bonds. The number of nitrogens with one attached hydrogen (secondary N) is 1. The van der Waals surface area contributed by atoms with Crippen molar-refractivity contribution in [2.75, 3.05) is 34.8 Å². The summed E-state index contributed by atoms with van der Waals surface area (Å²) in [5.74, 6) is -0.419. The Balaban J connectivity index is 1.60. The van der Waals surface area contributed by atoms with Crippen LogP contribution in [0.5, 0.6) is 0 Å². The molecule has 0 bridgehead atoms. The van der Waals surface area contributed by atoms with Crippen LogP contribution in [-0.4, -0.2) is 36.4 Å². The summed E-state index contributed by atoms with van der Waals surface area (Å²) >= 11 is 0. The summed E-state index contributed by atoms with van der Waals surface area (Å²) in [7, 11) is 0. The van der Waals surface area contributed by atoms with Crippen LogP contribution in [0, 0.1) is 10.1 Å². The molecule has 2 aromatic carbocycles. The van der Waals surface area contributed by atoms with Crippen molar-refractivity contribution in [2.45, 2.75) is 25.7 Å². The summed E-state index contributed by atoms with van der Waals surface area (Å²) < 4.78 is 0. The Hall–Kier alpha value is -3.42. The van der Waals surface area contributed by atoms with Crippen LogP contribution in [-0.2, 0) is 4.79 Å². The van der Waals surface area contributed by atoms with Crippen LogP contribution < -0.4 is 15.1 Å². The number of rotatable bonds is 5. The van der Waals surface area contributed by atoms with Crippen molar-refractivity contribution in [3.05, 3.63) is 58.1 Å². The molecule has 0 spiro atoms. The molecule has 2 heterocycles. The van der Waals surface area contributed by atoms with Crippen LogP contribution >= 0.6 is 0 Å². The Morgan fingerprint density at radius 2 is 1.76 bits per heavy atom. The summed E-state index contributed by atoms with van der Waals surface area (Å²) in [4.78, 5) is 39.7. The Morgan fingerprint density at radius 3 is 2.45 bits per heavy atom. The Morgan fingerprint density at radius 1 is 1.00 bits per heavy atom. The highest BCUT2D eigenvalue weighted by Gasteiger charge is 2.26. The third-order valence-corrected chi connectivity index (χ3v) is 5.40. The predicted octanol–water partition coefficient (Wildman–Crippen LogP) is 3.57. The maximum atomic E-state index is 12.8. The molecule has 150 valence electrons. The highest BCUT2D eigenvalue weighted by Crippen LogP contribution is 2.33. The Kier molecular flexibility index (Phi) is 5.16. The largest absolute Gasteiger partial charge is 0.366 e. The second-order valence-electron chi connectivity index (χ2n) is 7.27. The molecule has 0 aliphatic carbocycles. The molecule has 29 heavy (non-hydrogen) atoms. The molecule has 0 unspecified atom stereocenters. The van der Waals surface area contributed by atoms with Crippen molar-refractivity contribution in [2.24, 2.45) is 0 Å². The van der Waals surface area contributed by atoms with Gasteiger partial charge in [-0.2, -0.15) is 0 Å². The van der Waals surface area contributed by atoms with Gasteiger partial charge in [-0.25, -0.2) is 0 Å². The van der Waals surface area contributed by atoms with Gasteiger partial charge in [-0.3, -0.25) is 19.7 Å². The van der Waals surface area contributed by atoms with E-state index < -0.39 is 10.8 Å². The standard InChI is InChI=1S/C21H22N4O4/c26-20-8-5-13-24(20)17-7-2-1-6-16(17)22-21(27)15-9-10-18(19(14-15)25(28)29)23-11-3-4-12-23/h1-2,6-7,9-10,14H,3-5,8,11-13H2,(H,22,27). The minimum absolute atomic E-state index is 0.0253. The number of nitrogens with zero attached hydrogens (tertiary/aromatic N) is 3. The number of anilines is 3. The van der Waals surface area contributed by atoms with Gasteiger partial charge in [-0.1, -0.05) is 12.1 Å². The number of para-hydroxylation sites is 2. The molecule has 8 heteroatoms. The highest BCUT2D eigenvalue weighted by molar-refractivity contribution is 6.08. The second-order valence-corrected chi connectivity index (χ2v) is 7.27. The third-order valence-electron chi connectivity index (χ3n) is 5.40. The van der Waals surface area contributed by atoms with Crippen LogP contribution in [0.1, 0.15) is 36.0 Å². The van der Waals surface area contributed by atoms with E-state index in [1.54, 1.807) is 35.2 Å². The Bertz CT molecular complexity index is 969. The summed E-state index contributed by atoms with van der Waals surface area (Å²) in [6.45, 7) is 2.18. The van der Waals surface area contributed by atoms with Gasteiger partial charge >= 0.3 is 0 Å². The molecule has 2 saturated heterocycles. The van der Waals surface area contributed by atoms with Gasteiger partial charge < -0.3 is 15.1 Å². The van der Waals surface area contributed by atoms with E-state index in [2.05, 4.69) is 5.32 Å². The number of benzene rings is 2. The second kappa shape index (κ2) is 7.90. The number of amides is 2. The normalized spacial score (nSPS) is 16.3. The van der Waals surface area contributed by atoms with Gasteiger partial charge in [0, 0.05) is 37.7 Å². The van der Waals surface area contributed by atoms with Gasteiger partial charge in [-0.15, -0.1) is 0 Å². The maximum Gasteiger partial charge on any atom is 0.293 e. The van der Waals surface area contributed by atoms with Gasteiger partial charge in [0.05, 0.1) is 16.3 Å². The number of nitro groups is 1. The number of hydrogen-bond acceptors (Lipinski definition) is 5. The lowest BCUT2D eigenvalue weighted by Gasteiger charge is -2.20. The van der Waals surface area contributed by atoms with Crippen LogP contribution in [0.15, 0.2) is 42.5 Å². The molecule has 8 nitrogen and oxygen atoms in total. The molecular formula is C21H22N4O4. The lowest BCUT2D eigenvalue weighted by Crippen LogP contribution is -2.25. The van der Waals surface area contributed by atoms with Gasteiger partial charge in [0.1, 0.15) is 5.69 Å². The fourth-order valence-electron chi connectivity index (χ4n) is 3.95. The van der Waals surface area contributed by atoms with Crippen LogP contribution in [0.3, 0.4) is 0 Å². The number of carbonyl (C=O) groups excluding carboxylic acids is 2. The molecule has 0 saturated carbocycles. The number of nitro benzene ring substituents is 1. The third kappa shape index (κ3) is 3.78. The van der Waals surface area contributed by atoms with Crippen LogP contribution in [0.4, 0.5) is 22.7 Å². The van der Waals surface area contributed by atoms with Crippen molar-refractivity contribution in [1.82, 2.24) is 0 Å². The van der Waals surface area contributed by atoms with E-state index in [-0.39, 0.29) is 17.2 Å². The average molecular weight is 394 g/mol. The van der Waals surface area contributed by atoms with Crippen molar-refractivity contribution in [3.8, 4) is 0 Å². The zero-order valence-electron chi connectivity index (χ0n) is 16.0. The number of hydrogen-bond donors (Lipinski definition) is 1. The summed E-state index contributed by atoms with van der Waals surface area (Å²) in [5, 5.41) is 14.4. The molecule has 2 aliphatic rings. The lowest BCUT2D eigenvalue weighted by molar-refractivity contribution is -0.384. The van der Waals surface area contributed by atoms with Crippen molar-refractivity contribution in [3.63, 3.8) is 0 Å². The summed E-state index contributed by atoms with van der Waals surface area (Å²) in [6.07, 6.45) is 3.29. The SMILES string of the molecule is O=C(Nc1ccccc1N1CCCC1=O)c1ccc(N2CCCC2)c([N+](=O)[O-])c1. The molecule has 0 atom stereocenters. The smallest absolute Gasteiger partial charge is 0.293 e. The van der Waals surface area contributed by atoms with Crippen molar-refractivity contribution in [1.29, 1.82) is 0 Å². The molecule has 4 rings (SSSR count). The van der Waals surface area contributed by atoms with E-state index in [1.807, 2.05) is 11.0 Å². The first-order valence-corrected chi connectivity index (χ1v) is 9.79. The topological polar surface area (TPSA) is 95.8 Å². The molecule has 2 fully saturated rings. The van der Waals surface area contributed by atoms with Crippen molar-refractivity contribution >= 4 is 34.6 Å². The summed E-state index contributed by atoms with van der Waals surface area (Å²) in [5.41, 5.74) is 1.85. The minimum Gasteiger partial charge on any atom is -0.366 e. The van der Waals surface area contributed by atoms with Gasteiger partial charge in [0.2, 0.25) is 5.91 Å². The van der Waals surface area contributed by atoms with E-state index in [9.17, 15) is 19.7 Å². The number of carbonyl (C=O) groups is 2. The van der Waals surface area contributed by atoms with E-state index in [0.717, 1.165) is 32.4 Å². The molecular weight excluding hydrogens is 372 g/mol. The van der Waals surface area contributed by atoms with Crippen molar-refractivity contribution < 1.29 is 14.5 Å². The van der Waals surface area contributed by atoms with E-state index >= 15 is 0 Å². The lowest BCUT2D eigenvalue weighted by atomic mass is 10.1. The van der Waals surface area contributed by atoms with Gasteiger partial charge in [-0.05, 0) is 43.5 Å². The first-order chi connectivity index (χ1) is 14.0. The highest BCUT2D eigenvalue weighted by atomic mass is 16.6. The zero-order chi connectivity index (χ0) is 20.4. The fourth-order valence-corrected chi connectivity index (χ4v) is 3.95. The predicted molar refractivity (Wildman–Crippen MR) is 111 cm³/mol. The first-order valence-electron chi connectivity index (χ1n) is 9.79. The molecule has 2 aromatic rings. The minimum atomic E-state index is -0.444. The monoisotopic (exact) mass is 394 g/mol. The van der Waals surface area contributed by atoms with E-state index in [4.69, 9.17) is 0 Å². The van der Waals surface area contributed by atoms with Crippen LogP contribution in [0.2, 0.25) is 0 Å². The average Bonchev–Trinajstić information content (AvgIpc) is 3.40. The van der Waals surface area contributed by atoms with Gasteiger partial charge in [0.25, 0.3) is 11.6 Å². The summed E-state index contributed by atoms with van der Waals surface area (Å²) in [6, 6.07) is 11.7. The van der Waals surface area contributed by atoms with E-state index in [0.29, 0.717) is 30.0 Å². The van der Waals surface area contributed by atoms with Gasteiger partial charge in [0.15, 0.2) is 0 Å². The molecule has 0 aromatic heterocycles. The zero-order valence-corrected chi connectivity index (χ0v) is 16.0. The molecule has 2 aliphatic heterocycles. The van der Waals surface area contributed by atoms with E-state index in [1.165, 1.54) is 6.07 Å².